The second-order valence-electron chi connectivity index (χ2n) is 8.22. The molecule has 0 spiro atoms. The Kier molecular flexibility index (Phi) is 5.57. The molecule has 0 atom stereocenters. The average molecular weight is 337 g/mol. The van der Waals surface area contributed by atoms with E-state index in [0.29, 0.717) is 6.04 Å². The van der Waals surface area contributed by atoms with Gasteiger partial charge < -0.3 is 10.2 Å². The maximum absolute atomic E-state index is 13.1. The molecule has 0 unspecified atom stereocenters. The number of carbonyl (C=O) groups excluding carboxylic acids is 1. The molecule has 1 saturated heterocycles. The predicted molar refractivity (Wildman–Crippen MR) is 99.3 cm³/mol. The molecular formula is C19H32N2OS. The molecule has 4 heteroatoms. The highest BCUT2D eigenvalue weighted by molar-refractivity contribution is 7.13. The zero-order chi connectivity index (χ0) is 17.3. The van der Waals surface area contributed by atoms with Crippen LogP contribution in [0, 0.1) is 6.92 Å². The summed E-state index contributed by atoms with van der Waals surface area (Å²) >= 11 is 1.61. The summed E-state index contributed by atoms with van der Waals surface area (Å²) in [5.41, 5.74) is 0.116. The molecule has 1 aromatic heterocycles. The maximum atomic E-state index is 13.1. The van der Waals surface area contributed by atoms with Crippen LogP contribution in [0.25, 0.3) is 0 Å². The van der Waals surface area contributed by atoms with E-state index in [1.54, 1.807) is 11.3 Å². The first-order valence-electron chi connectivity index (χ1n) is 8.80. The molecule has 0 bridgehead atoms. The van der Waals surface area contributed by atoms with Crippen molar-refractivity contribution in [2.75, 3.05) is 6.54 Å². The van der Waals surface area contributed by atoms with Gasteiger partial charge in [-0.2, -0.15) is 0 Å². The highest BCUT2D eigenvalue weighted by Gasteiger charge is 2.41. The van der Waals surface area contributed by atoms with Crippen molar-refractivity contribution in [2.24, 2.45) is 0 Å². The molecule has 0 aliphatic carbocycles. The second-order valence-corrected chi connectivity index (χ2v) is 9.51. The summed E-state index contributed by atoms with van der Waals surface area (Å²) in [4.78, 5) is 17.3. The maximum Gasteiger partial charge on any atom is 0.264 e. The minimum atomic E-state index is 0.0581. The Morgan fingerprint density at radius 3 is 2.35 bits per heavy atom. The lowest BCUT2D eigenvalue weighted by atomic mass is 9.79. The van der Waals surface area contributed by atoms with Crippen LogP contribution in [0.3, 0.4) is 0 Å². The van der Waals surface area contributed by atoms with Crippen LogP contribution in [0.15, 0.2) is 12.1 Å². The number of hydrogen-bond acceptors (Lipinski definition) is 3. The molecule has 0 aromatic carbocycles. The Morgan fingerprint density at radius 1 is 1.26 bits per heavy atom. The molecule has 1 aromatic rings. The number of hydrogen-bond donors (Lipinski definition) is 1. The summed E-state index contributed by atoms with van der Waals surface area (Å²) in [6, 6.07) is 4.34. The van der Waals surface area contributed by atoms with E-state index >= 15 is 0 Å². The standard InChI is InChI=1S/C19H32N2OS/c1-7-8-11-21(17(22)16-10-9-14(2)23-16)15-12-18(3,4)20-19(5,6)13-15/h9-10,15,20H,7-8,11-13H2,1-6H3. The van der Waals surface area contributed by atoms with Gasteiger partial charge in [-0.25, -0.2) is 0 Å². The molecule has 3 nitrogen and oxygen atoms in total. The van der Waals surface area contributed by atoms with E-state index in [1.165, 1.54) is 4.88 Å². The Morgan fingerprint density at radius 2 is 1.87 bits per heavy atom. The molecule has 2 heterocycles. The lowest BCUT2D eigenvalue weighted by molar-refractivity contribution is 0.0446. The van der Waals surface area contributed by atoms with E-state index in [4.69, 9.17) is 0 Å². The van der Waals surface area contributed by atoms with Gasteiger partial charge in [-0.05, 0) is 66.0 Å². The number of carbonyl (C=O) groups is 1. The van der Waals surface area contributed by atoms with E-state index in [-0.39, 0.29) is 17.0 Å². The summed E-state index contributed by atoms with van der Waals surface area (Å²) in [6.45, 7) is 14.1. The number of rotatable bonds is 5. The third-order valence-electron chi connectivity index (χ3n) is 4.57. The average Bonchev–Trinajstić information content (AvgIpc) is 2.82. The number of amides is 1. The van der Waals surface area contributed by atoms with E-state index in [0.717, 1.165) is 37.1 Å². The van der Waals surface area contributed by atoms with Crippen molar-refractivity contribution >= 4 is 17.2 Å². The lowest BCUT2D eigenvalue weighted by Crippen LogP contribution is -2.62. The Bertz CT molecular complexity index is 531. The molecule has 1 aliphatic heterocycles. The predicted octanol–water partition coefficient (Wildman–Crippen LogP) is 4.61. The van der Waals surface area contributed by atoms with Crippen molar-refractivity contribution < 1.29 is 4.79 Å². The third-order valence-corrected chi connectivity index (χ3v) is 5.56. The van der Waals surface area contributed by atoms with E-state index in [9.17, 15) is 4.79 Å². The fourth-order valence-electron chi connectivity index (χ4n) is 3.96. The summed E-state index contributed by atoms with van der Waals surface area (Å²) in [7, 11) is 0. The topological polar surface area (TPSA) is 32.3 Å². The lowest BCUT2D eigenvalue weighted by Gasteiger charge is -2.49. The van der Waals surface area contributed by atoms with Crippen LogP contribution in [0.2, 0.25) is 0 Å². The second kappa shape index (κ2) is 6.94. The van der Waals surface area contributed by atoms with Crippen LogP contribution in [0.1, 0.15) is 74.9 Å². The molecule has 1 aliphatic rings. The fourth-order valence-corrected chi connectivity index (χ4v) is 4.78. The quantitative estimate of drug-likeness (QED) is 0.851. The van der Waals surface area contributed by atoms with Gasteiger partial charge in [0.05, 0.1) is 4.88 Å². The summed E-state index contributed by atoms with van der Waals surface area (Å²) in [5.74, 6) is 0.218. The molecule has 1 fully saturated rings. The van der Waals surface area contributed by atoms with Crippen molar-refractivity contribution in [3.05, 3.63) is 21.9 Å². The van der Waals surface area contributed by atoms with E-state index < -0.39 is 0 Å². The SMILES string of the molecule is CCCCN(C(=O)c1ccc(C)s1)C1CC(C)(C)NC(C)(C)C1. The smallest absolute Gasteiger partial charge is 0.264 e. The fraction of sp³-hybridized carbons (Fsp3) is 0.737. The molecule has 23 heavy (non-hydrogen) atoms. The van der Waals surface area contributed by atoms with Crippen molar-refractivity contribution in [3.8, 4) is 0 Å². The van der Waals surface area contributed by atoms with Crippen LogP contribution >= 0.6 is 11.3 Å². The van der Waals surface area contributed by atoms with Gasteiger partial charge in [0.15, 0.2) is 0 Å². The first kappa shape index (κ1) is 18.5. The van der Waals surface area contributed by atoms with Crippen LogP contribution in [-0.2, 0) is 0 Å². The van der Waals surface area contributed by atoms with Gasteiger partial charge in [0.25, 0.3) is 5.91 Å². The molecule has 0 saturated carbocycles. The molecule has 1 amide bonds. The normalized spacial score (nSPS) is 20.4. The summed E-state index contributed by atoms with van der Waals surface area (Å²) in [6.07, 6.45) is 4.21. The highest BCUT2D eigenvalue weighted by atomic mass is 32.1. The number of nitrogens with zero attached hydrogens (tertiary/aromatic N) is 1. The van der Waals surface area contributed by atoms with Crippen molar-refractivity contribution in [1.82, 2.24) is 10.2 Å². The van der Waals surface area contributed by atoms with Crippen LogP contribution < -0.4 is 5.32 Å². The zero-order valence-corrected chi connectivity index (χ0v) is 16.3. The zero-order valence-electron chi connectivity index (χ0n) is 15.5. The van der Waals surface area contributed by atoms with Gasteiger partial charge >= 0.3 is 0 Å². The minimum Gasteiger partial charge on any atom is -0.335 e. The van der Waals surface area contributed by atoms with Gasteiger partial charge in [-0.1, -0.05) is 13.3 Å². The van der Waals surface area contributed by atoms with Gasteiger partial charge in [0.2, 0.25) is 0 Å². The van der Waals surface area contributed by atoms with Crippen LogP contribution in [0.4, 0.5) is 0 Å². The minimum absolute atomic E-state index is 0.0581. The first-order valence-corrected chi connectivity index (χ1v) is 9.62. The van der Waals surface area contributed by atoms with Gasteiger partial charge in [0.1, 0.15) is 0 Å². The Balaban J connectivity index is 2.25. The number of unbranched alkanes of at least 4 members (excludes halogenated alkanes) is 1. The Hall–Kier alpha value is -0.870. The van der Waals surface area contributed by atoms with Crippen molar-refractivity contribution in [3.63, 3.8) is 0 Å². The van der Waals surface area contributed by atoms with Crippen molar-refractivity contribution in [2.45, 2.75) is 84.3 Å². The molecule has 0 radical (unpaired) electrons. The highest BCUT2D eigenvalue weighted by Crippen LogP contribution is 2.33. The van der Waals surface area contributed by atoms with E-state index in [1.807, 2.05) is 12.1 Å². The molecular weight excluding hydrogens is 304 g/mol. The molecule has 1 N–H and O–H groups in total. The largest absolute Gasteiger partial charge is 0.335 e. The number of nitrogens with one attached hydrogen (secondary N) is 1. The summed E-state index contributed by atoms with van der Waals surface area (Å²) in [5, 5.41) is 3.72. The number of aryl methyl sites for hydroxylation is 1. The van der Waals surface area contributed by atoms with Crippen LogP contribution in [0.5, 0.6) is 0 Å². The molecule has 2 rings (SSSR count). The van der Waals surface area contributed by atoms with Gasteiger partial charge in [0, 0.05) is 28.5 Å². The number of piperidine rings is 1. The van der Waals surface area contributed by atoms with Gasteiger partial charge in [-0.15, -0.1) is 11.3 Å². The molecule has 130 valence electrons. The number of thiophene rings is 1. The monoisotopic (exact) mass is 336 g/mol. The van der Waals surface area contributed by atoms with Crippen LogP contribution in [-0.4, -0.2) is 34.5 Å². The Labute approximate surface area is 145 Å². The van der Waals surface area contributed by atoms with Gasteiger partial charge in [-0.3, -0.25) is 4.79 Å². The van der Waals surface area contributed by atoms with Crippen molar-refractivity contribution in [1.29, 1.82) is 0 Å². The third kappa shape index (κ3) is 4.80. The first-order chi connectivity index (χ1) is 10.6. The van der Waals surface area contributed by atoms with E-state index in [2.05, 4.69) is 51.8 Å². The summed E-state index contributed by atoms with van der Waals surface area (Å²) < 4.78 is 0.